The van der Waals surface area contributed by atoms with Gasteiger partial charge in [0.05, 0.1) is 7.11 Å². The summed E-state index contributed by atoms with van der Waals surface area (Å²) in [5, 5.41) is 3.21. The van der Waals surface area contributed by atoms with Crippen LogP contribution in [0.1, 0.15) is 19.2 Å². The third kappa shape index (κ3) is 3.16. The van der Waals surface area contributed by atoms with Crippen LogP contribution in [-0.2, 0) is 6.42 Å². The predicted octanol–water partition coefficient (Wildman–Crippen LogP) is 2.58. The van der Waals surface area contributed by atoms with E-state index in [2.05, 4.69) is 27.2 Å². The van der Waals surface area contributed by atoms with Crippen LogP contribution < -0.4 is 10.1 Å². The number of hydrogen-bond acceptors (Lipinski definition) is 5. The number of aryl methyl sites for hydroxylation is 1. The highest BCUT2D eigenvalue weighted by Gasteiger charge is 2.04. The molecule has 94 valence electrons. The summed E-state index contributed by atoms with van der Waals surface area (Å²) in [6.45, 7) is 2.10. The van der Waals surface area contributed by atoms with Crippen LogP contribution in [0.4, 0.5) is 11.5 Å². The van der Waals surface area contributed by atoms with Crippen molar-refractivity contribution in [3.63, 3.8) is 0 Å². The molecule has 2 aromatic heterocycles. The highest BCUT2D eigenvalue weighted by Crippen LogP contribution is 2.18. The van der Waals surface area contributed by atoms with E-state index in [1.807, 2.05) is 12.1 Å². The van der Waals surface area contributed by atoms with Crippen LogP contribution in [0.5, 0.6) is 5.88 Å². The SMILES string of the molecule is CCCc1nc(Nc2ccncc2)cc(OC)n1. The molecular weight excluding hydrogens is 228 g/mol. The Morgan fingerprint density at radius 1 is 1.22 bits per heavy atom. The van der Waals surface area contributed by atoms with Gasteiger partial charge in [-0.2, -0.15) is 4.98 Å². The van der Waals surface area contributed by atoms with E-state index in [1.165, 1.54) is 0 Å². The molecule has 0 saturated carbocycles. The average Bonchev–Trinajstić information content (AvgIpc) is 2.40. The molecule has 0 spiro atoms. The molecular formula is C13H16N4O. The van der Waals surface area contributed by atoms with Crippen LogP contribution >= 0.6 is 0 Å². The molecule has 0 fully saturated rings. The molecule has 0 saturated heterocycles. The van der Waals surface area contributed by atoms with Gasteiger partial charge in [0.25, 0.3) is 0 Å². The Morgan fingerprint density at radius 3 is 2.67 bits per heavy atom. The number of anilines is 2. The topological polar surface area (TPSA) is 59.9 Å². The number of hydrogen-bond donors (Lipinski definition) is 1. The van der Waals surface area contributed by atoms with E-state index in [0.29, 0.717) is 5.88 Å². The van der Waals surface area contributed by atoms with Crippen LogP contribution in [0.15, 0.2) is 30.6 Å². The van der Waals surface area contributed by atoms with Gasteiger partial charge in [-0.25, -0.2) is 4.98 Å². The molecule has 2 rings (SSSR count). The first kappa shape index (κ1) is 12.3. The summed E-state index contributed by atoms with van der Waals surface area (Å²) in [6.07, 6.45) is 5.30. The number of nitrogens with zero attached hydrogens (tertiary/aromatic N) is 3. The molecule has 0 unspecified atom stereocenters. The highest BCUT2D eigenvalue weighted by atomic mass is 16.5. The second kappa shape index (κ2) is 5.95. The van der Waals surface area contributed by atoms with E-state index in [0.717, 1.165) is 30.2 Å². The fourth-order valence-corrected chi connectivity index (χ4v) is 1.56. The zero-order valence-electron chi connectivity index (χ0n) is 10.6. The van der Waals surface area contributed by atoms with Crippen LogP contribution in [0, 0.1) is 0 Å². The molecule has 18 heavy (non-hydrogen) atoms. The molecule has 2 heterocycles. The summed E-state index contributed by atoms with van der Waals surface area (Å²) in [6, 6.07) is 5.54. The Bertz CT molecular complexity index is 502. The molecule has 0 aliphatic rings. The minimum Gasteiger partial charge on any atom is -0.481 e. The van der Waals surface area contributed by atoms with Crippen LogP contribution in [0.25, 0.3) is 0 Å². The molecule has 5 nitrogen and oxygen atoms in total. The summed E-state index contributed by atoms with van der Waals surface area (Å²) in [5.74, 6) is 2.09. The zero-order chi connectivity index (χ0) is 12.8. The largest absolute Gasteiger partial charge is 0.481 e. The van der Waals surface area contributed by atoms with Crippen molar-refractivity contribution in [1.82, 2.24) is 15.0 Å². The lowest BCUT2D eigenvalue weighted by Gasteiger charge is -2.08. The minimum atomic E-state index is 0.574. The lowest BCUT2D eigenvalue weighted by Crippen LogP contribution is -2.02. The maximum atomic E-state index is 5.18. The van der Waals surface area contributed by atoms with Gasteiger partial charge < -0.3 is 10.1 Å². The predicted molar refractivity (Wildman–Crippen MR) is 70.1 cm³/mol. The molecule has 2 aromatic rings. The number of pyridine rings is 1. The Hall–Kier alpha value is -2.17. The van der Waals surface area contributed by atoms with E-state index in [1.54, 1.807) is 25.6 Å². The van der Waals surface area contributed by atoms with Crippen molar-refractivity contribution < 1.29 is 4.74 Å². The number of nitrogens with one attached hydrogen (secondary N) is 1. The highest BCUT2D eigenvalue weighted by molar-refractivity contribution is 5.55. The molecule has 5 heteroatoms. The van der Waals surface area contributed by atoms with Crippen molar-refractivity contribution in [3.05, 3.63) is 36.4 Å². The minimum absolute atomic E-state index is 0.574. The maximum absolute atomic E-state index is 5.18. The van der Waals surface area contributed by atoms with Crippen LogP contribution in [-0.4, -0.2) is 22.1 Å². The van der Waals surface area contributed by atoms with Crippen molar-refractivity contribution in [2.24, 2.45) is 0 Å². The Morgan fingerprint density at radius 2 is 2.00 bits per heavy atom. The lowest BCUT2D eigenvalue weighted by molar-refractivity contribution is 0.395. The van der Waals surface area contributed by atoms with Gasteiger partial charge in [0.15, 0.2) is 0 Å². The molecule has 0 aromatic carbocycles. The van der Waals surface area contributed by atoms with Gasteiger partial charge >= 0.3 is 0 Å². The van der Waals surface area contributed by atoms with Gasteiger partial charge in [-0.3, -0.25) is 4.98 Å². The van der Waals surface area contributed by atoms with E-state index >= 15 is 0 Å². The quantitative estimate of drug-likeness (QED) is 0.876. The van der Waals surface area contributed by atoms with Gasteiger partial charge in [0.1, 0.15) is 11.6 Å². The Labute approximate surface area is 106 Å². The maximum Gasteiger partial charge on any atom is 0.218 e. The summed E-state index contributed by atoms with van der Waals surface area (Å²) < 4.78 is 5.18. The summed E-state index contributed by atoms with van der Waals surface area (Å²) in [7, 11) is 1.61. The second-order valence-electron chi connectivity index (χ2n) is 3.82. The second-order valence-corrected chi connectivity index (χ2v) is 3.82. The molecule has 1 N–H and O–H groups in total. The van der Waals surface area contributed by atoms with Gasteiger partial charge in [-0.15, -0.1) is 0 Å². The summed E-state index contributed by atoms with van der Waals surface area (Å²) in [4.78, 5) is 12.7. The number of ether oxygens (including phenoxy) is 1. The Kier molecular flexibility index (Phi) is 4.06. The third-order valence-corrected chi connectivity index (χ3v) is 2.38. The van der Waals surface area contributed by atoms with Gasteiger partial charge in [-0.1, -0.05) is 6.92 Å². The average molecular weight is 244 g/mol. The van der Waals surface area contributed by atoms with Crippen molar-refractivity contribution in [3.8, 4) is 5.88 Å². The smallest absolute Gasteiger partial charge is 0.218 e. The van der Waals surface area contributed by atoms with Crippen molar-refractivity contribution in [2.45, 2.75) is 19.8 Å². The lowest BCUT2D eigenvalue weighted by atomic mass is 10.3. The molecule has 0 atom stereocenters. The van der Waals surface area contributed by atoms with Crippen molar-refractivity contribution in [2.75, 3.05) is 12.4 Å². The van der Waals surface area contributed by atoms with Crippen LogP contribution in [0.2, 0.25) is 0 Å². The van der Waals surface area contributed by atoms with Crippen LogP contribution in [0.3, 0.4) is 0 Å². The molecule has 0 bridgehead atoms. The van der Waals surface area contributed by atoms with Crippen molar-refractivity contribution in [1.29, 1.82) is 0 Å². The normalized spacial score (nSPS) is 10.1. The third-order valence-electron chi connectivity index (χ3n) is 2.38. The summed E-state index contributed by atoms with van der Waals surface area (Å²) in [5.41, 5.74) is 0.938. The van der Waals surface area contributed by atoms with Gasteiger partial charge in [0, 0.05) is 30.6 Å². The van der Waals surface area contributed by atoms with Gasteiger partial charge in [-0.05, 0) is 18.6 Å². The fraction of sp³-hybridized carbons (Fsp3) is 0.308. The molecule has 0 aliphatic heterocycles. The van der Waals surface area contributed by atoms with E-state index < -0.39 is 0 Å². The number of rotatable bonds is 5. The Balaban J connectivity index is 2.24. The zero-order valence-corrected chi connectivity index (χ0v) is 10.6. The number of methoxy groups -OCH3 is 1. The van der Waals surface area contributed by atoms with E-state index in [9.17, 15) is 0 Å². The molecule has 0 aliphatic carbocycles. The first-order valence-corrected chi connectivity index (χ1v) is 5.91. The fourth-order valence-electron chi connectivity index (χ4n) is 1.56. The standard InChI is InChI=1S/C13H16N4O/c1-3-4-11-16-12(9-13(17-11)18-2)15-10-5-7-14-8-6-10/h5-9H,3-4H2,1-2H3,(H,14,15,16,17). The van der Waals surface area contributed by atoms with Gasteiger partial charge in [0.2, 0.25) is 5.88 Å². The monoisotopic (exact) mass is 244 g/mol. The summed E-state index contributed by atoms with van der Waals surface area (Å²) >= 11 is 0. The number of aromatic nitrogens is 3. The van der Waals surface area contributed by atoms with E-state index in [4.69, 9.17) is 4.74 Å². The first-order valence-electron chi connectivity index (χ1n) is 5.91. The van der Waals surface area contributed by atoms with Crippen molar-refractivity contribution >= 4 is 11.5 Å². The first-order chi connectivity index (χ1) is 8.81. The van der Waals surface area contributed by atoms with E-state index in [-0.39, 0.29) is 0 Å². The molecule has 0 radical (unpaired) electrons. The molecule has 0 amide bonds.